The first kappa shape index (κ1) is 25.1. The summed E-state index contributed by atoms with van der Waals surface area (Å²) in [5.41, 5.74) is 5.92. The maximum absolute atomic E-state index is 12.9. The van der Waals surface area contributed by atoms with Gasteiger partial charge in [0.25, 0.3) is 0 Å². The summed E-state index contributed by atoms with van der Waals surface area (Å²) < 4.78 is 0. The minimum Gasteiger partial charge on any atom is -0.480 e. The normalized spacial score (nSPS) is 15.0. The number of aromatic amines is 1. The number of nitrogens with one attached hydrogen (secondary N) is 4. The zero-order chi connectivity index (χ0) is 22.8. The van der Waals surface area contributed by atoms with Crippen molar-refractivity contribution in [3.63, 3.8) is 0 Å². The monoisotopic (exact) mass is 424 g/mol. The fourth-order valence-electron chi connectivity index (χ4n) is 2.79. The Kier molecular flexibility index (Phi) is 9.96. The van der Waals surface area contributed by atoms with Gasteiger partial charge in [-0.25, -0.2) is 9.78 Å². The molecule has 1 heterocycles. The number of aromatic nitrogens is 2. The highest BCUT2D eigenvalue weighted by Crippen LogP contribution is 2.10. The van der Waals surface area contributed by atoms with Gasteiger partial charge >= 0.3 is 5.97 Å². The third-order valence-corrected chi connectivity index (χ3v) is 4.84. The second-order valence-corrected chi connectivity index (χ2v) is 7.55. The molecular formula is C19H32N6O5. The van der Waals surface area contributed by atoms with Gasteiger partial charge in [0.1, 0.15) is 18.1 Å². The first-order chi connectivity index (χ1) is 14.1. The van der Waals surface area contributed by atoms with E-state index < -0.39 is 41.8 Å². The standard InChI is InChI=1S/C19H32N6O5/c1-5-11(4)16(24-14(26)7-20)18(28)23-13(6-12-8-21-9-22-12)17(27)25-15(10(2)3)19(29)30/h8-11,13,15-16H,5-7,20H2,1-4H3,(H,21,22)(H,23,28)(H,24,26)(H,25,27)(H,29,30). The van der Waals surface area contributed by atoms with Gasteiger partial charge in [-0.1, -0.05) is 34.1 Å². The molecule has 0 bridgehead atoms. The van der Waals surface area contributed by atoms with Crippen LogP contribution in [-0.2, 0) is 25.6 Å². The summed E-state index contributed by atoms with van der Waals surface area (Å²) in [5.74, 6) is -3.42. The van der Waals surface area contributed by atoms with E-state index in [4.69, 9.17) is 5.73 Å². The number of rotatable bonds is 12. The number of imidazole rings is 1. The molecule has 0 aliphatic carbocycles. The van der Waals surface area contributed by atoms with Crippen molar-refractivity contribution in [2.24, 2.45) is 17.6 Å². The van der Waals surface area contributed by atoms with Crippen LogP contribution in [0.4, 0.5) is 0 Å². The molecular weight excluding hydrogens is 392 g/mol. The van der Waals surface area contributed by atoms with Crippen LogP contribution < -0.4 is 21.7 Å². The molecule has 1 rings (SSSR count). The van der Waals surface area contributed by atoms with Gasteiger partial charge in [0, 0.05) is 18.3 Å². The van der Waals surface area contributed by atoms with Gasteiger partial charge in [-0.2, -0.15) is 0 Å². The smallest absolute Gasteiger partial charge is 0.326 e. The first-order valence-corrected chi connectivity index (χ1v) is 9.90. The third-order valence-electron chi connectivity index (χ3n) is 4.84. The number of carbonyl (C=O) groups excluding carboxylic acids is 3. The van der Waals surface area contributed by atoms with Crippen LogP contribution in [0, 0.1) is 11.8 Å². The predicted octanol–water partition coefficient (Wildman–Crippen LogP) is -0.848. The molecule has 1 aromatic heterocycles. The van der Waals surface area contributed by atoms with Crippen molar-refractivity contribution in [3.05, 3.63) is 18.2 Å². The highest BCUT2D eigenvalue weighted by molar-refractivity contribution is 5.93. The summed E-state index contributed by atoms with van der Waals surface area (Å²) in [6, 6.07) is -3.07. The average Bonchev–Trinajstić information content (AvgIpc) is 3.21. The van der Waals surface area contributed by atoms with E-state index in [1.807, 2.05) is 6.92 Å². The van der Waals surface area contributed by atoms with Crippen LogP contribution in [0.5, 0.6) is 0 Å². The zero-order valence-corrected chi connectivity index (χ0v) is 17.8. The molecule has 11 nitrogen and oxygen atoms in total. The Hall–Kier alpha value is -2.95. The van der Waals surface area contributed by atoms with Gasteiger partial charge in [0.15, 0.2) is 0 Å². The SMILES string of the molecule is CCC(C)C(NC(=O)CN)C(=O)NC(Cc1cnc[nH]1)C(=O)NC(C(=O)O)C(C)C. The van der Waals surface area contributed by atoms with E-state index in [1.165, 1.54) is 12.5 Å². The van der Waals surface area contributed by atoms with Gasteiger partial charge in [0.2, 0.25) is 17.7 Å². The Morgan fingerprint density at radius 3 is 2.23 bits per heavy atom. The molecule has 0 spiro atoms. The summed E-state index contributed by atoms with van der Waals surface area (Å²) >= 11 is 0. The Balaban J connectivity index is 3.05. The highest BCUT2D eigenvalue weighted by atomic mass is 16.4. The minimum absolute atomic E-state index is 0.0695. The molecule has 0 saturated carbocycles. The average molecular weight is 425 g/mol. The fraction of sp³-hybridized carbons (Fsp3) is 0.632. The van der Waals surface area contributed by atoms with E-state index >= 15 is 0 Å². The van der Waals surface area contributed by atoms with Crippen molar-refractivity contribution in [1.82, 2.24) is 25.9 Å². The fourth-order valence-corrected chi connectivity index (χ4v) is 2.79. The Labute approximate surface area is 175 Å². The van der Waals surface area contributed by atoms with Gasteiger partial charge < -0.3 is 31.8 Å². The van der Waals surface area contributed by atoms with Crippen molar-refractivity contribution < 1.29 is 24.3 Å². The number of carbonyl (C=O) groups is 4. The number of hydrogen-bond donors (Lipinski definition) is 6. The van der Waals surface area contributed by atoms with Crippen molar-refractivity contribution >= 4 is 23.7 Å². The zero-order valence-electron chi connectivity index (χ0n) is 17.8. The summed E-state index contributed by atoms with van der Waals surface area (Å²) in [4.78, 5) is 55.7. The quantitative estimate of drug-likeness (QED) is 0.253. The van der Waals surface area contributed by atoms with Crippen LogP contribution in [0.1, 0.15) is 39.8 Å². The lowest BCUT2D eigenvalue weighted by Gasteiger charge is -2.27. The first-order valence-electron chi connectivity index (χ1n) is 9.90. The van der Waals surface area contributed by atoms with Crippen LogP contribution >= 0.6 is 0 Å². The van der Waals surface area contributed by atoms with Crippen LogP contribution in [0.25, 0.3) is 0 Å². The Morgan fingerprint density at radius 1 is 1.10 bits per heavy atom. The molecule has 168 valence electrons. The van der Waals surface area contributed by atoms with E-state index in [2.05, 4.69) is 25.9 Å². The highest BCUT2D eigenvalue weighted by Gasteiger charge is 2.32. The van der Waals surface area contributed by atoms with Crippen molar-refractivity contribution in [3.8, 4) is 0 Å². The number of H-pyrrole nitrogens is 1. The summed E-state index contributed by atoms with van der Waals surface area (Å²) in [5, 5.41) is 17.0. The number of carboxylic acids is 1. The molecule has 3 amide bonds. The number of amides is 3. The maximum Gasteiger partial charge on any atom is 0.326 e. The van der Waals surface area contributed by atoms with Crippen molar-refractivity contribution in [1.29, 1.82) is 0 Å². The Morgan fingerprint density at radius 2 is 1.77 bits per heavy atom. The van der Waals surface area contributed by atoms with Crippen LogP contribution in [0.15, 0.2) is 12.5 Å². The number of nitrogens with zero attached hydrogens (tertiary/aromatic N) is 1. The molecule has 1 aromatic rings. The lowest BCUT2D eigenvalue weighted by atomic mass is 9.97. The molecule has 0 radical (unpaired) electrons. The molecule has 11 heteroatoms. The summed E-state index contributed by atoms with van der Waals surface area (Å²) in [7, 11) is 0. The van der Waals surface area contributed by atoms with Crippen molar-refractivity contribution in [2.45, 2.75) is 58.7 Å². The maximum atomic E-state index is 12.9. The molecule has 0 aromatic carbocycles. The van der Waals surface area contributed by atoms with E-state index in [0.29, 0.717) is 12.1 Å². The molecule has 0 aliphatic heterocycles. The lowest BCUT2D eigenvalue weighted by Crippen LogP contribution is -2.58. The topological polar surface area (TPSA) is 179 Å². The second kappa shape index (κ2) is 11.9. The third kappa shape index (κ3) is 7.47. The van der Waals surface area contributed by atoms with Crippen LogP contribution in [0.2, 0.25) is 0 Å². The molecule has 30 heavy (non-hydrogen) atoms. The molecule has 4 unspecified atom stereocenters. The van der Waals surface area contributed by atoms with Crippen LogP contribution in [-0.4, -0.2) is 63.4 Å². The van der Waals surface area contributed by atoms with Crippen LogP contribution in [0.3, 0.4) is 0 Å². The molecule has 7 N–H and O–H groups in total. The number of aliphatic carboxylic acids is 1. The molecule has 4 atom stereocenters. The Bertz CT molecular complexity index is 721. The van der Waals surface area contributed by atoms with Gasteiger partial charge in [-0.05, 0) is 11.8 Å². The van der Waals surface area contributed by atoms with E-state index in [-0.39, 0.29) is 24.8 Å². The number of hydrogen-bond acceptors (Lipinski definition) is 6. The van der Waals surface area contributed by atoms with Crippen molar-refractivity contribution in [2.75, 3.05) is 6.54 Å². The minimum atomic E-state index is -1.17. The largest absolute Gasteiger partial charge is 0.480 e. The van der Waals surface area contributed by atoms with E-state index in [0.717, 1.165) is 0 Å². The molecule has 0 fully saturated rings. The van der Waals surface area contributed by atoms with E-state index in [9.17, 15) is 24.3 Å². The molecule has 0 aliphatic rings. The predicted molar refractivity (Wildman–Crippen MR) is 109 cm³/mol. The molecule has 0 saturated heterocycles. The van der Waals surface area contributed by atoms with Gasteiger partial charge in [-0.15, -0.1) is 0 Å². The van der Waals surface area contributed by atoms with E-state index in [1.54, 1.807) is 20.8 Å². The summed E-state index contributed by atoms with van der Waals surface area (Å²) in [6.07, 6.45) is 3.62. The number of carboxylic acid groups (broad SMARTS) is 1. The lowest BCUT2D eigenvalue weighted by molar-refractivity contribution is -0.143. The number of nitrogens with two attached hydrogens (primary N) is 1. The summed E-state index contributed by atoms with van der Waals surface area (Å²) in [6.45, 7) is 6.73. The second-order valence-electron chi connectivity index (χ2n) is 7.55. The van der Waals surface area contributed by atoms with Gasteiger partial charge in [-0.3, -0.25) is 14.4 Å². The van der Waals surface area contributed by atoms with Gasteiger partial charge in [0.05, 0.1) is 12.9 Å².